The molecule has 0 saturated carbocycles. The number of guanidine groups is 1. The summed E-state index contributed by atoms with van der Waals surface area (Å²) < 4.78 is 4.90. The number of nitrogens with one attached hydrogen (secondary N) is 10. The van der Waals surface area contributed by atoms with Gasteiger partial charge >= 0.3 is 5.97 Å². The molecule has 0 radical (unpaired) electrons. The molecule has 0 spiro atoms. The number of esters is 1. The number of unbranched alkanes of at least 4 members (excludes halogenated alkanes) is 4. The summed E-state index contributed by atoms with van der Waals surface area (Å²) in [6, 6.07) is 15.5. The maximum Gasteiger partial charge on any atom is 0.308 e. The smallest absolute Gasteiger partial charge is 0.308 e. The first-order valence-electron chi connectivity index (χ1n) is 30.1. The normalized spacial score (nSPS) is 18.9. The number of hydrogen-bond acceptors (Lipinski definition) is 15. The van der Waals surface area contributed by atoms with Crippen molar-refractivity contribution in [2.24, 2.45) is 16.5 Å². The number of methoxy groups -OCH3 is 1. The van der Waals surface area contributed by atoms with Gasteiger partial charge in [0.25, 0.3) is 5.91 Å². The van der Waals surface area contributed by atoms with E-state index in [2.05, 4.69) is 62.8 Å². The lowest BCUT2D eigenvalue weighted by Gasteiger charge is -2.26. The van der Waals surface area contributed by atoms with E-state index in [-0.39, 0.29) is 88.3 Å². The lowest BCUT2D eigenvalue weighted by atomic mass is 10.0. The third-order valence-corrected chi connectivity index (χ3v) is 15.2. The minimum absolute atomic E-state index is 0.0328. The van der Waals surface area contributed by atoms with Gasteiger partial charge in [0.1, 0.15) is 36.0 Å². The maximum absolute atomic E-state index is 14.1. The van der Waals surface area contributed by atoms with Gasteiger partial charge in [-0.3, -0.25) is 52.9 Å². The number of hydrogen-bond donors (Lipinski definition) is 12. The number of ether oxygens (including phenoxy) is 1. The van der Waals surface area contributed by atoms with Gasteiger partial charge in [-0.1, -0.05) is 62.2 Å². The van der Waals surface area contributed by atoms with Gasteiger partial charge < -0.3 is 78.8 Å². The molecule has 14 N–H and O–H groups in total. The minimum atomic E-state index is -1.18. The van der Waals surface area contributed by atoms with Crippen LogP contribution in [0, 0.1) is 0 Å². The summed E-state index contributed by atoms with van der Waals surface area (Å²) in [5.41, 5.74) is 16.1. The monoisotopic (exact) mass is 1220 g/mol. The number of aromatic amines is 1. The van der Waals surface area contributed by atoms with Gasteiger partial charge in [-0.15, -0.1) is 0 Å². The molecule has 27 heteroatoms. The highest BCUT2D eigenvalue weighted by Gasteiger charge is 2.34. The fourth-order valence-corrected chi connectivity index (χ4v) is 10.2. The Morgan fingerprint density at radius 1 is 0.750 bits per heavy atom. The van der Waals surface area contributed by atoms with E-state index in [0.717, 1.165) is 35.0 Å². The third kappa shape index (κ3) is 21.4. The number of imidazole rings is 1. The van der Waals surface area contributed by atoms with Crippen LogP contribution in [-0.4, -0.2) is 175 Å². The number of carbonyl (C=O) groups excluding carboxylic acids is 10. The topological polar surface area (TPSA) is 388 Å². The molecule has 0 aliphatic carbocycles. The number of fused-ring (bicyclic) bond motifs is 2. The van der Waals surface area contributed by atoms with Crippen molar-refractivity contribution in [2.75, 3.05) is 59.2 Å². The van der Waals surface area contributed by atoms with E-state index in [4.69, 9.17) is 16.2 Å². The SMILES string of the molecule is CC[C@@H]1NC(=O)CNC(=O)[C@H](CCCNC(N)=NC)NC(=O)[C@H](CCCCNC(=O)CC[C@@H](N)C(=O)NCCCCCCN2Cc3cc(C(=O)N(C)Cc4nc5ccccc5[nH]4)ccc3N[C@@H](CC(=O)OC)C2=O)NC(=O)[C@@H](Cc2ccccc2)NC1=O. The van der Waals surface area contributed by atoms with Crippen LogP contribution in [-0.2, 0) is 67.4 Å². The van der Waals surface area contributed by atoms with Gasteiger partial charge in [-0.05, 0) is 99.2 Å². The average molecular weight is 1220 g/mol. The summed E-state index contributed by atoms with van der Waals surface area (Å²) in [6.07, 6.45) is 4.10. The summed E-state index contributed by atoms with van der Waals surface area (Å²) >= 11 is 0. The first-order chi connectivity index (χ1) is 42.3. The zero-order valence-electron chi connectivity index (χ0n) is 50.7. The number of amides is 9. The van der Waals surface area contributed by atoms with Crippen LogP contribution in [0.2, 0.25) is 0 Å². The van der Waals surface area contributed by atoms with Gasteiger partial charge in [0.15, 0.2) is 5.96 Å². The number of aliphatic imine (C=N–C) groups is 1. The summed E-state index contributed by atoms with van der Waals surface area (Å²) in [6.45, 7) is 2.92. The van der Waals surface area contributed by atoms with Gasteiger partial charge in [0.2, 0.25) is 47.3 Å². The van der Waals surface area contributed by atoms with Crippen LogP contribution < -0.4 is 59.3 Å². The third-order valence-electron chi connectivity index (χ3n) is 15.2. The predicted molar refractivity (Wildman–Crippen MR) is 329 cm³/mol. The van der Waals surface area contributed by atoms with E-state index >= 15 is 0 Å². The molecule has 2 aliphatic rings. The highest BCUT2D eigenvalue weighted by molar-refractivity contribution is 5.98. The zero-order chi connectivity index (χ0) is 63.5. The second-order valence-electron chi connectivity index (χ2n) is 22.0. The van der Waals surface area contributed by atoms with E-state index in [0.29, 0.717) is 68.8 Å². The molecular weight excluding hydrogens is 1130 g/mol. The Morgan fingerprint density at radius 2 is 1.41 bits per heavy atom. The molecule has 3 heterocycles. The zero-order valence-corrected chi connectivity index (χ0v) is 50.7. The van der Waals surface area contributed by atoms with Gasteiger partial charge in [-0.2, -0.15) is 0 Å². The van der Waals surface area contributed by atoms with Crippen molar-refractivity contribution in [1.82, 2.24) is 62.3 Å². The lowest BCUT2D eigenvalue weighted by Crippen LogP contribution is -2.58. The van der Waals surface area contributed by atoms with Crippen LogP contribution in [0.15, 0.2) is 77.8 Å². The molecule has 9 amide bonds. The molecule has 27 nitrogen and oxygen atoms in total. The van der Waals surface area contributed by atoms with E-state index < -0.39 is 84.2 Å². The van der Waals surface area contributed by atoms with Crippen molar-refractivity contribution in [1.29, 1.82) is 0 Å². The molecule has 4 aromatic rings. The molecular formula is C61H86N16O11. The molecule has 0 bridgehead atoms. The molecule has 3 aromatic carbocycles. The van der Waals surface area contributed by atoms with Crippen molar-refractivity contribution < 1.29 is 52.7 Å². The molecule has 88 heavy (non-hydrogen) atoms. The minimum Gasteiger partial charge on any atom is -0.469 e. The van der Waals surface area contributed by atoms with Crippen molar-refractivity contribution >= 4 is 81.8 Å². The second-order valence-corrected chi connectivity index (χ2v) is 22.0. The Balaban J connectivity index is 0.942. The number of anilines is 1. The number of rotatable bonds is 28. The largest absolute Gasteiger partial charge is 0.469 e. The first kappa shape index (κ1) is 68.0. The van der Waals surface area contributed by atoms with Gasteiger partial charge in [-0.25, -0.2) is 4.98 Å². The Kier molecular flexibility index (Phi) is 26.9. The quantitative estimate of drug-likeness (QED) is 0.0161. The standard InChI is InChI=1S/C61H86N16O11/c1-5-42-56(83)75-48(32-38-18-9-8-10-19-38)58(85)74-47(57(84)73-46(23-17-30-67-61(63)64-2)55(82)68-35-52(79)72-42)22-13-15-28-65-51(78)27-25-41(62)54(81)66-29-14-6-7-16-31-77-36-40-33-39(24-26-43(40)69-49(60(77)87)34-53(80)88-4)59(86)76(3)37-50-70-44-20-11-12-21-45(44)71-50/h8-12,18-21,24,26,33,41-42,46-49,69H,5-7,13-17,22-23,25,27-32,34-37,62H2,1-4H3,(H,65,78)(H,66,81)(H,68,82)(H,70,71)(H,72,79)(H,73,84)(H,74,85)(H,75,83)(H3,63,64,67)/t41-,42+,46+,47+,48-,49+/m1/s1. The first-order valence-corrected chi connectivity index (χ1v) is 30.1. The van der Waals surface area contributed by atoms with Crippen molar-refractivity contribution in [3.05, 3.63) is 95.3 Å². The van der Waals surface area contributed by atoms with Crippen LogP contribution in [0.4, 0.5) is 5.69 Å². The maximum atomic E-state index is 14.1. The number of para-hydroxylation sites is 2. The van der Waals surface area contributed by atoms with E-state index in [9.17, 15) is 47.9 Å². The Labute approximate surface area is 512 Å². The number of H-pyrrole nitrogens is 1. The van der Waals surface area contributed by atoms with Crippen LogP contribution in [0.5, 0.6) is 0 Å². The Hall–Kier alpha value is -9.14. The van der Waals surface area contributed by atoms with Crippen molar-refractivity contribution in [3.8, 4) is 0 Å². The second kappa shape index (κ2) is 34.9. The number of benzene rings is 3. The number of nitrogens with two attached hydrogens (primary N) is 2. The molecule has 1 saturated heterocycles. The summed E-state index contributed by atoms with van der Waals surface area (Å²) in [5, 5.41) is 25.2. The summed E-state index contributed by atoms with van der Waals surface area (Å²) in [5.74, 6) is -4.21. The summed E-state index contributed by atoms with van der Waals surface area (Å²) in [4.78, 5) is 149. The van der Waals surface area contributed by atoms with Crippen molar-refractivity contribution in [2.45, 2.75) is 146 Å². The van der Waals surface area contributed by atoms with E-state index in [1.807, 2.05) is 30.3 Å². The van der Waals surface area contributed by atoms with E-state index in [1.54, 1.807) is 66.2 Å². The number of carbonyl (C=O) groups is 10. The molecule has 2 aliphatic heterocycles. The molecule has 1 aromatic heterocycles. The van der Waals surface area contributed by atoms with Crippen molar-refractivity contribution in [3.63, 3.8) is 0 Å². The van der Waals surface area contributed by atoms with Crippen LogP contribution in [0.25, 0.3) is 11.0 Å². The molecule has 0 unspecified atom stereocenters. The molecule has 6 atom stereocenters. The average Bonchev–Trinajstić information content (AvgIpc) is 2.41. The predicted octanol–water partition coefficient (Wildman–Crippen LogP) is 0.627. The van der Waals surface area contributed by atoms with Crippen LogP contribution in [0.1, 0.15) is 118 Å². The number of nitrogens with zero attached hydrogens (tertiary/aromatic N) is 4. The summed E-state index contributed by atoms with van der Waals surface area (Å²) in [7, 11) is 4.48. The van der Waals surface area contributed by atoms with Gasteiger partial charge in [0.05, 0.1) is 43.7 Å². The fraction of sp³-hybridized carbons (Fsp3) is 0.508. The highest BCUT2D eigenvalue weighted by Crippen LogP contribution is 2.27. The fourth-order valence-electron chi connectivity index (χ4n) is 10.2. The molecule has 1 fully saturated rings. The molecule has 476 valence electrons. The number of aromatic nitrogens is 2. The molecule has 6 rings (SSSR count). The lowest BCUT2D eigenvalue weighted by molar-refractivity contribution is -0.144. The Morgan fingerprint density at radius 3 is 2.15 bits per heavy atom. The van der Waals surface area contributed by atoms with Crippen LogP contribution in [0.3, 0.4) is 0 Å². The Bertz CT molecular complexity index is 3050. The van der Waals surface area contributed by atoms with Crippen LogP contribution >= 0.6 is 0 Å². The van der Waals surface area contributed by atoms with Gasteiger partial charge in [0, 0.05) is 70.9 Å². The van der Waals surface area contributed by atoms with E-state index in [1.165, 1.54) is 14.2 Å². The highest BCUT2D eigenvalue weighted by atomic mass is 16.5.